The van der Waals surface area contributed by atoms with E-state index in [2.05, 4.69) is 0 Å². The van der Waals surface area contributed by atoms with Gasteiger partial charge in [0.1, 0.15) is 0 Å². The number of fused-ring (bicyclic) bond motifs is 1. The van der Waals surface area contributed by atoms with Crippen molar-refractivity contribution in [1.82, 2.24) is 4.90 Å². The first-order valence-electron chi connectivity index (χ1n) is 8.36. The van der Waals surface area contributed by atoms with E-state index in [1.54, 1.807) is 16.8 Å². The zero-order chi connectivity index (χ0) is 16.4. The molecule has 3 rings (SSSR count). The van der Waals surface area contributed by atoms with Gasteiger partial charge in [0.2, 0.25) is 11.8 Å². The molecule has 2 amide bonds. The number of likely N-dealkylation sites (N-methyl/N-ethyl adjacent to an activating group) is 1. The van der Waals surface area contributed by atoms with Gasteiger partial charge in [-0.15, -0.1) is 0 Å². The average Bonchev–Trinajstić information content (AvgIpc) is 3.38. The molecule has 23 heavy (non-hydrogen) atoms. The molecule has 0 radical (unpaired) electrons. The molecule has 1 N–H and O–H groups in total. The Labute approximate surface area is 136 Å². The fraction of sp³-hybridized carbons (Fsp3) is 0.556. The number of carbonyl (C=O) groups is 2. The van der Waals surface area contributed by atoms with Crippen LogP contribution < -0.4 is 4.90 Å². The van der Waals surface area contributed by atoms with Crippen LogP contribution in [0.5, 0.6) is 0 Å². The van der Waals surface area contributed by atoms with E-state index in [4.69, 9.17) is 0 Å². The maximum atomic E-state index is 12.3. The molecule has 1 aromatic rings. The summed E-state index contributed by atoms with van der Waals surface area (Å²) in [5, 5.41) is 9.94. The molecular weight excluding hydrogens is 292 g/mol. The zero-order valence-corrected chi connectivity index (χ0v) is 13.6. The number of aliphatic hydroxyl groups is 1. The first kappa shape index (κ1) is 16.0. The quantitative estimate of drug-likeness (QED) is 0.867. The van der Waals surface area contributed by atoms with Gasteiger partial charge in [-0.1, -0.05) is 18.2 Å². The maximum absolute atomic E-state index is 12.3. The molecule has 0 saturated heterocycles. The summed E-state index contributed by atoms with van der Waals surface area (Å²) in [6.07, 6.45) is 3.26. The lowest BCUT2D eigenvalue weighted by Gasteiger charge is -2.30. The number of carbonyl (C=O) groups excluding carboxylic acids is 2. The number of anilines is 1. The lowest BCUT2D eigenvalue weighted by molar-refractivity contribution is -0.131. The van der Waals surface area contributed by atoms with Crippen molar-refractivity contribution in [2.75, 3.05) is 25.0 Å². The highest BCUT2D eigenvalue weighted by Crippen LogP contribution is 2.32. The zero-order valence-electron chi connectivity index (χ0n) is 13.6. The van der Waals surface area contributed by atoms with E-state index in [0.717, 1.165) is 30.5 Å². The minimum absolute atomic E-state index is 0.0273. The molecule has 5 heteroatoms. The van der Waals surface area contributed by atoms with Crippen molar-refractivity contribution in [3.63, 3.8) is 0 Å². The summed E-state index contributed by atoms with van der Waals surface area (Å²) in [6.45, 7) is 0.784. The van der Waals surface area contributed by atoms with Crippen LogP contribution in [-0.4, -0.2) is 48.1 Å². The smallest absolute Gasteiger partial charge is 0.227 e. The molecule has 0 aromatic heterocycles. The molecule has 1 saturated carbocycles. The summed E-state index contributed by atoms with van der Waals surface area (Å²) in [5.41, 5.74) is 2.09. The van der Waals surface area contributed by atoms with Gasteiger partial charge in [0.25, 0.3) is 0 Å². The Hall–Kier alpha value is -1.88. The second kappa shape index (κ2) is 6.71. The van der Waals surface area contributed by atoms with E-state index in [1.165, 1.54) is 0 Å². The molecule has 1 aliphatic carbocycles. The van der Waals surface area contributed by atoms with Crippen LogP contribution in [0.25, 0.3) is 0 Å². The van der Waals surface area contributed by atoms with Crippen molar-refractivity contribution < 1.29 is 14.7 Å². The van der Waals surface area contributed by atoms with Crippen LogP contribution in [-0.2, 0) is 16.0 Å². The van der Waals surface area contributed by atoms with Crippen LogP contribution in [0.1, 0.15) is 31.2 Å². The number of amides is 2. The fourth-order valence-electron chi connectivity index (χ4n) is 3.15. The third-order valence-electron chi connectivity index (χ3n) is 4.79. The number of hydrogen-bond donors (Lipinski definition) is 1. The largest absolute Gasteiger partial charge is 0.391 e. The average molecular weight is 316 g/mol. The monoisotopic (exact) mass is 316 g/mol. The Bertz CT molecular complexity index is 598. The molecule has 1 aliphatic heterocycles. The van der Waals surface area contributed by atoms with Gasteiger partial charge in [0.05, 0.1) is 6.10 Å². The molecule has 124 valence electrons. The molecule has 1 atom stereocenters. The van der Waals surface area contributed by atoms with Crippen molar-refractivity contribution >= 4 is 17.5 Å². The van der Waals surface area contributed by atoms with E-state index in [9.17, 15) is 14.7 Å². The second-order valence-electron chi connectivity index (χ2n) is 6.60. The molecule has 0 spiro atoms. The summed E-state index contributed by atoms with van der Waals surface area (Å²) in [6, 6.07) is 7.88. The van der Waals surface area contributed by atoms with Crippen molar-refractivity contribution in [3.05, 3.63) is 29.8 Å². The van der Waals surface area contributed by atoms with Gasteiger partial charge >= 0.3 is 0 Å². The number of hydrogen-bond acceptors (Lipinski definition) is 3. The van der Waals surface area contributed by atoms with E-state index in [-0.39, 0.29) is 18.2 Å². The number of aryl methyl sites for hydroxylation is 1. The highest BCUT2D eigenvalue weighted by atomic mass is 16.3. The van der Waals surface area contributed by atoms with Crippen LogP contribution in [0.15, 0.2) is 24.3 Å². The van der Waals surface area contributed by atoms with Crippen LogP contribution in [0.4, 0.5) is 5.69 Å². The van der Waals surface area contributed by atoms with Crippen LogP contribution in [0.2, 0.25) is 0 Å². The molecule has 1 fully saturated rings. The molecule has 1 unspecified atom stereocenters. The minimum Gasteiger partial charge on any atom is -0.391 e. The van der Waals surface area contributed by atoms with Crippen molar-refractivity contribution in [2.45, 2.75) is 38.2 Å². The fourth-order valence-corrected chi connectivity index (χ4v) is 3.15. The van der Waals surface area contributed by atoms with Crippen LogP contribution >= 0.6 is 0 Å². The first-order valence-corrected chi connectivity index (χ1v) is 8.36. The third kappa shape index (κ3) is 3.72. The van der Waals surface area contributed by atoms with Gasteiger partial charge < -0.3 is 14.9 Å². The summed E-state index contributed by atoms with van der Waals surface area (Å²) in [4.78, 5) is 27.7. The molecule has 0 bridgehead atoms. The topological polar surface area (TPSA) is 60.9 Å². The number of para-hydroxylation sites is 1. The van der Waals surface area contributed by atoms with Crippen LogP contribution in [0.3, 0.4) is 0 Å². The highest BCUT2D eigenvalue weighted by Gasteiger charge is 2.31. The van der Waals surface area contributed by atoms with Crippen molar-refractivity contribution in [2.24, 2.45) is 5.92 Å². The summed E-state index contributed by atoms with van der Waals surface area (Å²) >= 11 is 0. The summed E-state index contributed by atoms with van der Waals surface area (Å²) < 4.78 is 0. The van der Waals surface area contributed by atoms with Gasteiger partial charge in [-0.2, -0.15) is 0 Å². The number of nitrogens with zero attached hydrogens (tertiary/aromatic N) is 2. The lowest BCUT2D eigenvalue weighted by Crippen LogP contribution is -2.40. The van der Waals surface area contributed by atoms with Gasteiger partial charge in [-0.05, 0) is 36.8 Å². The second-order valence-corrected chi connectivity index (χ2v) is 6.60. The SMILES string of the molecule is CN(CC(O)C1CC1)C(=O)CCN1C(=O)CCc2ccccc21. The predicted octanol–water partition coefficient (Wildman–Crippen LogP) is 1.59. The number of benzene rings is 1. The van der Waals surface area contributed by atoms with Crippen LogP contribution in [0, 0.1) is 5.92 Å². The number of rotatable bonds is 6. The van der Waals surface area contributed by atoms with Gasteiger partial charge in [0.15, 0.2) is 0 Å². The Morgan fingerprint density at radius 1 is 1.35 bits per heavy atom. The molecular formula is C18H24N2O3. The first-order chi connectivity index (χ1) is 11.1. The minimum atomic E-state index is -0.415. The number of aliphatic hydroxyl groups excluding tert-OH is 1. The van der Waals surface area contributed by atoms with E-state index in [1.807, 2.05) is 24.3 Å². The van der Waals surface area contributed by atoms with E-state index < -0.39 is 6.10 Å². The van der Waals surface area contributed by atoms with E-state index >= 15 is 0 Å². The molecule has 2 aliphatic rings. The highest BCUT2D eigenvalue weighted by molar-refractivity contribution is 5.96. The Balaban J connectivity index is 1.56. The van der Waals surface area contributed by atoms with Gasteiger partial charge in [0, 0.05) is 38.7 Å². The van der Waals surface area contributed by atoms with Crippen molar-refractivity contribution in [1.29, 1.82) is 0 Å². The van der Waals surface area contributed by atoms with Gasteiger partial charge in [-0.25, -0.2) is 0 Å². The molecule has 1 heterocycles. The summed E-state index contributed by atoms with van der Waals surface area (Å²) in [5.74, 6) is 0.415. The Morgan fingerprint density at radius 3 is 2.83 bits per heavy atom. The van der Waals surface area contributed by atoms with Gasteiger partial charge in [-0.3, -0.25) is 9.59 Å². The van der Waals surface area contributed by atoms with Crippen molar-refractivity contribution in [3.8, 4) is 0 Å². The molecule has 1 aromatic carbocycles. The summed E-state index contributed by atoms with van der Waals surface area (Å²) in [7, 11) is 1.72. The molecule has 5 nitrogen and oxygen atoms in total. The maximum Gasteiger partial charge on any atom is 0.227 e. The standard InChI is InChI=1S/C18H24N2O3/c1-19(12-16(21)14-6-7-14)17(22)10-11-20-15-5-3-2-4-13(15)8-9-18(20)23/h2-5,14,16,21H,6-12H2,1H3. The van der Waals surface area contributed by atoms with E-state index in [0.29, 0.717) is 25.4 Å². The lowest BCUT2D eigenvalue weighted by atomic mass is 10.0. The predicted molar refractivity (Wildman–Crippen MR) is 88.1 cm³/mol. The Morgan fingerprint density at radius 2 is 2.09 bits per heavy atom. The normalized spacial score (nSPS) is 18.5. The third-order valence-corrected chi connectivity index (χ3v) is 4.79. The Kier molecular flexibility index (Phi) is 4.66.